The first-order valence-corrected chi connectivity index (χ1v) is 24.9. The van der Waals surface area contributed by atoms with Gasteiger partial charge in [0.25, 0.3) is 0 Å². The van der Waals surface area contributed by atoms with Gasteiger partial charge in [-0.25, -0.2) is 0 Å². The number of benzene rings is 2. The van der Waals surface area contributed by atoms with Crippen LogP contribution in [-0.2, 0) is 16.6 Å². The summed E-state index contributed by atoms with van der Waals surface area (Å²) in [5.74, 6) is 5.08. The van der Waals surface area contributed by atoms with E-state index in [0.717, 1.165) is 57.4 Å². The third kappa shape index (κ3) is 11.0. The average Bonchev–Trinajstić information content (AvgIpc) is 3.96. The van der Waals surface area contributed by atoms with Crippen LogP contribution >= 0.6 is 0 Å². The Labute approximate surface area is 356 Å². The normalized spacial score (nSPS) is 13.8. The monoisotopic (exact) mass is 832 g/mol. The third-order valence-corrected chi connectivity index (χ3v) is 18.6. The van der Waals surface area contributed by atoms with Crippen LogP contribution in [0.1, 0.15) is 93.9 Å². The fourth-order valence-corrected chi connectivity index (χ4v) is 15.6. The van der Waals surface area contributed by atoms with Crippen molar-refractivity contribution in [2.24, 2.45) is 23.7 Å². The zero-order valence-corrected chi connectivity index (χ0v) is 38.1. The summed E-state index contributed by atoms with van der Waals surface area (Å²) < 4.78 is 32.4. The molecule has 8 nitrogen and oxygen atoms in total. The van der Waals surface area contributed by atoms with E-state index in [1.807, 2.05) is 60.7 Å². The number of ether oxygens (including phenoxy) is 4. The second-order valence-electron chi connectivity index (χ2n) is 17.3. The van der Waals surface area contributed by atoms with E-state index in [1.165, 1.54) is 7.76 Å². The Bertz CT molecular complexity index is 1890. The van der Waals surface area contributed by atoms with Gasteiger partial charge >= 0.3 is 358 Å². The molecular weight excluding hydrogens is 768 g/mol. The van der Waals surface area contributed by atoms with Crippen molar-refractivity contribution in [1.82, 2.24) is 19.9 Å². The van der Waals surface area contributed by atoms with Gasteiger partial charge in [0, 0.05) is 0 Å². The van der Waals surface area contributed by atoms with Crippen LogP contribution in [0.3, 0.4) is 0 Å². The van der Waals surface area contributed by atoms with E-state index in [2.05, 4.69) is 91.8 Å². The molecular formula is C50H64N4O4Ti. The molecule has 9 heteroatoms. The molecule has 0 saturated carbocycles. The predicted octanol–water partition coefficient (Wildman–Crippen LogP) is 11.1. The van der Waals surface area contributed by atoms with Gasteiger partial charge in [-0.2, -0.15) is 0 Å². The summed E-state index contributed by atoms with van der Waals surface area (Å²) in [7, 11) is 0. The van der Waals surface area contributed by atoms with Gasteiger partial charge in [0.1, 0.15) is 0 Å². The summed E-state index contributed by atoms with van der Waals surface area (Å²) in [6.07, 6.45) is 18.4. The molecule has 0 fully saturated rings. The van der Waals surface area contributed by atoms with E-state index in [-0.39, 0.29) is 0 Å². The van der Waals surface area contributed by atoms with Crippen LogP contribution in [0.4, 0.5) is 0 Å². The van der Waals surface area contributed by atoms with Crippen molar-refractivity contribution in [3.05, 3.63) is 105 Å². The Morgan fingerprint density at radius 2 is 0.763 bits per heavy atom. The Morgan fingerprint density at radius 1 is 0.458 bits per heavy atom. The van der Waals surface area contributed by atoms with Gasteiger partial charge in [-0.3, -0.25) is 0 Å². The maximum atomic E-state index is 7.02. The molecule has 0 atom stereocenters. The molecule has 0 N–H and O–H groups in total. The van der Waals surface area contributed by atoms with Gasteiger partial charge in [-0.05, 0) is 0 Å². The number of rotatable bonds is 22. The zero-order valence-electron chi connectivity index (χ0n) is 36.5. The number of allylic oxidation sites excluding steroid dienone is 8. The van der Waals surface area contributed by atoms with Crippen LogP contribution in [0.15, 0.2) is 105 Å². The molecule has 0 unspecified atom stereocenters. The number of hydrogen-bond donors (Lipinski definition) is 0. The summed E-state index contributed by atoms with van der Waals surface area (Å²) in [5.41, 5.74) is 1.79. The van der Waals surface area contributed by atoms with E-state index in [9.17, 15) is 0 Å². The fourth-order valence-electron chi connectivity index (χ4n) is 7.32. The maximum absolute atomic E-state index is 7.02. The van der Waals surface area contributed by atoms with E-state index >= 15 is 0 Å². The molecule has 2 aromatic heterocycles. The SMILES string of the molecule is CC(C)CCOc1nc(-c2ccccc2)nc(OCCC(C)C)[c]1[Ti]([C]1=CC=CC1)([C]1=CC=CC1)[c]1c(OCCC(C)C)nc(-c2ccccc2)nc1OCCC(C)C. The van der Waals surface area contributed by atoms with Crippen molar-refractivity contribution in [3.63, 3.8) is 0 Å². The van der Waals surface area contributed by atoms with Crippen molar-refractivity contribution in [3.8, 4) is 46.3 Å². The molecule has 6 rings (SSSR count). The van der Waals surface area contributed by atoms with Gasteiger partial charge < -0.3 is 0 Å². The summed E-state index contributed by atoms with van der Waals surface area (Å²) in [6.45, 7) is 19.7. The first-order chi connectivity index (χ1) is 28.6. The van der Waals surface area contributed by atoms with Crippen LogP contribution in [0.5, 0.6) is 23.5 Å². The molecule has 0 spiro atoms. The second-order valence-corrected chi connectivity index (χ2v) is 23.2. The van der Waals surface area contributed by atoms with Crippen LogP contribution in [0, 0.1) is 23.7 Å². The Morgan fingerprint density at radius 3 is 1.02 bits per heavy atom. The summed E-state index contributed by atoms with van der Waals surface area (Å²) in [6, 6.07) is 20.3. The van der Waals surface area contributed by atoms with Crippen LogP contribution in [0.2, 0.25) is 0 Å². The number of hydrogen-bond acceptors (Lipinski definition) is 8. The molecule has 0 radical (unpaired) electrons. The first-order valence-electron chi connectivity index (χ1n) is 21.8. The van der Waals surface area contributed by atoms with Crippen molar-refractivity contribution in [1.29, 1.82) is 0 Å². The van der Waals surface area contributed by atoms with Crippen molar-refractivity contribution in [2.75, 3.05) is 26.4 Å². The number of aromatic nitrogens is 4. The van der Waals surface area contributed by atoms with E-state index < -0.39 is 16.6 Å². The number of nitrogens with zero attached hydrogens (tertiary/aromatic N) is 4. The molecule has 2 heterocycles. The molecule has 4 aromatic rings. The van der Waals surface area contributed by atoms with E-state index in [4.69, 9.17) is 38.9 Å². The minimum atomic E-state index is -4.43. The van der Waals surface area contributed by atoms with Gasteiger partial charge in [0.05, 0.1) is 0 Å². The summed E-state index contributed by atoms with van der Waals surface area (Å²) >= 11 is -4.43. The van der Waals surface area contributed by atoms with Crippen molar-refractivity contribution < 1.29 is 35.5 Å². The molecule has 2 aliphatic carbocycles. The van der Waals surface area contributed by atoms with Gasteiger partial charge in [-0.1, -0.05) is 0 Å². The van der Waals surface area contributed by atoms with Gasteiger partial charge in [-0.15, -0.1) is 0 Å². The third-order valence-electron chi connectivity index (χ3n) is 10.7. The standard InChI is InChI=1S/2C20H27N2O2.2C5H5.Ti/c2*1-15(2)10-12-23-18-14-19(24-13-11-16(3)4)22-20(21-18)17-8-6-5-7-9-17;2*1-2-4-5-3-1;/h2*5-9,15-16H,10-13H2,1-4H3;2*1-3H,4H2;. The van der Waals surface area contributed by atoms with Crippen molar-refractivity contribution >= 4 is 7.74 Å². The van der Waals surface area contributed by atoms with Gasteiger partial charge in [0.15, 0.2) is 0 Å². The quantitative estimate of drug-likeness (QED) is 0.0724. The molecule has 0 bridgehead atoms. The Balaban J connectivity index is 1.76. The van der Waals surface area contributed by atoms with E-state index in [0.29, 0.717) is 85.3 Å². The average molecular weight is 833 g/mol. The zero-order chi connectivity index (χ0) is 41.8. The van der Waals surface area contributed by atoms with Crippen LogP contribution in [0.25, 0.3) is 22.8 Å². The summed E-state index contributed by atoms with van der Waals surface area (Å²) in [4.78, 5) is 21.6. The Hall–Kier alpha value is -4.53. The Kier molecular flexibility index (Phi) is 15.8. The molecule has 0 saturated heterocycles. The fraction of sp³-hybridized carbons (Fsp3) is 0.440. The topological polar surface area (TPSA) is 88.5 Å². The second kappa shape index (κ2) is 21.1. The molecule has 2 aliphatic rings. The minimum absolute atomic E-state index is 0.436. The summed E-state index contributed by atoms with van der Waals surface area (Å²) in [5, 5.41) is 0. The predicted molar refractivity (Wildman–Crippen MR) is 238 cm³/mol. The van der Waals surface area contributed by atoms with Crippen LogP contribution in [-0.4, -0.2) is 46.4 Å². The van der Waals surface area contributed by atoms with Crippen LogP contribution < -0.4 is 26.7 Å². The van der Waals surface area contributed by atoms with Crippen molar-refractivity contribution in [2.45, 2.75) is 93.9 Å². The first kappa shape index (κ1) is 44.0. The van der Waals surface area contributed by atoms with E-state index in [1.54, 1.807) is 0 Å². The molecule has 0 aliphatic heterocycles. The molecule has 59 heavy (non-hydrogen) atoms. The molecule has 0 amide bonds. The van der Waals surface area contributed by atoms with Gasteiger partial charge in [0.2, 0.25) is 0 Å². The molecule has 2 aromatic carbocycles. The molecule has 312 valence electrons.